The lowest BCUT2D eigenvalue weighted by Crippen LogP contribution is -2.32. The van der Waals surface area contributed by atoms with Gasteiger partial charge < -0.3 is 14.2 Å². The van der Waals surface area contributed by atoms with Crippen molar-refractivity contribution in [2.75, 3.05) is 34.5 Å². The fourth-order valence-corrected chi connectivity index (χ4v) is 3.68. The number of para-hydroxylation sites is 1. The number of amidine groups is 1. The van der Waals surface area contributed by atoms with Crippen molar-refractivity contribution in [3.63, 3.8) is 0 Å². The van der Waals surface area contributed by atoms with Crippen molar-refractivity contribution in [1.29, 1.82) is 0 Å². The topological polar surface area (TPSA) is 60.4 Å². The normalized spacial score (nSPS) is 16.8. The Kier molecular flexibility index (Phi) is 6.73. The van der Waals surface area contributed by atoms with Crippen molar-refractivity contribution >= 4 is 34.6 Å². The van der Waals surface area contributed by atoms with Gasteiger partial charge in [0.25, 0.3) is 5.91 Å². The molecule has 2 aromatic rings. The molecule has 1 aliphatic heterocycles. The summed E-state index contributed by atoms with van der Waals surface area (Å²) in [4.78, 5) is 19.8. The van der Waals surface area contributed by atoms with Crippen LogP contribution in [0.1, 0.15) is 5.56 Å². The van der Waals surface area contributed by atoms with E-state index in [0.717, 1.165) is 11.3 Å². The van der Waals surface area contributed by atoms with Crippen molar-refractivity contribution in [2.45, 2.75) is 0 Å². The fraction of sp³-hybridized carbons (Fsp3) is 0.238. The molecule has 0 radical (unpaired) electrons. The van der Waals surface area contributed by atoms with Gasteiger partial charge >= 0.3 is 0 Å². The summed E-state index contributed by atoms with van der Waals surface area (Å²) in [7, 11) is 4.80. The van der Waals surface area contributed by atoms with Crippen LogP contribution in [0, 0.1) is 0 Å². The third-order valence-corrected chi connectivity index (χ3v) is 5.12. The Balaban J connectivity index is 1.95. The first kappa shape index (κ1) is 20.0. The molecule has 0 unspecified atom stereocenters. The highest BCUT2D eigenvalue weighted by Gasteiger charge is 2.33. The number of thioether (sulfide) groups is 1. The van der Waals surface area contributed by atoms with Gasteiger partial charge in [0.05, 0.1) is 38.0 Å². The first-order valence-corrected chi connectivity index (χ1v) is 9.54. The first-order valence-electron chi connectivity index (χ1n) is 8.72. The summed E-state index contributed by atoms with van der Waals surface area (Å²) < 4.78 is 15.8. The maximum Gasteiger partial charge on any atom is 0.266 e. The van der Waals surface area contributed by atoms with Crippen molar-refractivity contribution < 1.29 is 19.0 Å². The summed E-state index contributed by atoms with van der Waals surface area (Å²) in [6.07, 6.45) is 1.82. The minimum Gasteiger partial charge on any atom is -0.497 e. The predicted molar refractivity (Wildman–Crippen MR) is 112 cm³/mol. The summed E-state index contributed by atoms with van der Waals surface area (Å²) in [5.41, 5.74) is 1.59. The highest BCUT2D eigenvalue weighted by Crippen LogP contribution is 2.36. The molecular formula is C21H22N2O4S. The lowest BCUT2D eigenvalue weighted by Gasteiger charge is -2.14. The van der Waals surface area contributed by atoms with Crippen LogP contribution < -0.4 is 9.47 Å². The molecule has 1 fully saturated rings. The quantitative estimate of drug-likeness (QED) is 0.661. The molecule has 2 aromatic carbocycles. The number of hydrogen-bond donors (Lipinski definition) is 0. The van der Waals surface area contributed by atoms with E-state index in [2.05, 4.69) is 4.99 Å². The van der Waals surface area contributed by atoms with Gasteiger partial charge in [-0.1, -0.05) is 18.2 Å². The van der Waals surface area contributed by atoms with Crippen LogP contribution in [0.5, 0.6) is 11.5 Å². The minimum absolute atomic E-state index is 0.102. The Morgan fingerprint density at radius 3 is 2.54 bits per heavy atom. The third kappa shape index (κ3) is 4.55. The molecule has 1 amide bonds. The highest BCUT2D eigenvalue weighted by molar-refractivity contribution is 8.18. The second kappa shape index (κ2) is 9.43. The zero-order valence-electron chi connectivity index (χ0n) is 16.0. The lowest BCUT2D eigenvalue weighted by atomic mass is 10.1. The largest absolute Gasteiger partial charge is 0.497 e. The van der Waals surface area contributed by atoms with Crippen LogP contribution >= 0.6 is 11.8 Å². The number of methoxy groups -OCH3 is 3. The van der Waals surface area contributed by atoms with E-state index in [1.165, 1.54) is 11.8 Å². The van der Waals surface area contributed by atoms with Crippen molar-refractivity contribution in [3.8, 4) is 11.5 Å². The summed E-state index contributed by atoms with van der Waals surface area (Å²) in [5, 5.41) is 0.631. The number of benzene rings is 2. The van der Waals surface area contributed by atoms with Crippen molar-refractivity contribution in [3.05, 3.63) is 59.0 Å². The van der Waals surface area contributed by atoms with Gasteiger partial charge in [-0.3, -0.25) is 9.69 Å². The molecule has 3 rings (SSSR count). The molecule has 1 saturated heterocycles. The van der Waals surface area contributed by atoms with E-state index in [1.54, 1.807) is 32.3 Å². The van der Waals surface area contributed by atoms with Gasteiger partial charge in [-0.15, -0.1) is 0 Å². The third-order valence-electron chi connectivity index (χ3n) is 4.12. The van der Waals surface area contributed by atoms with Crippen LogP contribution in [-0.4, -0.2) is 50.5 Å². The summed E-state index contributed by atoms with van der Waals surface area (Å²) in [5.74, 6) is 1.23. The van der Waals surface area contributed by atoms with Crippen LogP contribution in [0.3, 0.4) is 0 Å². The SMILES string of the molecule is COCCN1C(=O)C(=Cc2ccc(OC)cc2OC)SC1=Nc1ccccc1. The van der Waals surface area contributed by atoms with Gasteiger partial charge in [0.1, 0.15) is 11.5 Å². The number of rotatable bonds is 7. The highest BCUT2D eigenvalue weighted by atomic mass is 32.2. The molecule has 0 N–H and O–H groups in total. The van der Waals surface area contributed by atoms with Gasteiger partial charge in [0, 0.05) is 18.7 Å². The predicted octanol–water partition coefficient (Wildman–Crippen LogP) is 3.95. The van der Waals surface area contributed by atoms with Gasteiger partial charge in [0.2, 0.25) is 0 Å². The minimum atomic E-state index is -0.102. The monoisotopic (exact) mass is 398 g/mol. The summed E-state index contributed by atoms with van der Waals surface area (Å²) in [6, 6.07) is 15.1. The van der Waals surface area contributed by atoms with Gasteiger partial charge in [-0.2, -0.15) is 0 Å². The van der Waals surface area contributed by atoms with Gasteiger partial charge in [-0.25, -0.2) is 4.99 Å². The lowest BCUT2D eigenvalue weighted by molar-refractivity contribution is -0.122. The molecule has 0 spiro atoms. The van der Waals surface area contributed by atoms with E-state index < -0.39 is 0 Å². The molecule has 0 saturated carbocycles. The van der Waals surface area contributed by atoms with E-state index in [-0.39, 0.29) is 5.91 Å². The first-order chi connectivity index (χ1) is 13.7. The molecule has 0 bridgehead atoms. The van der Waals surface area contributed by atoms with E-state index in [9.17, 15) is 4.79 Å². The second-order valence-corrected chi connectivity index (χ2v) is 6.91. The maximum absolute atomic E-state index is 13.0. The average molecular weight is 398 g/mol. The number of carbonyl (C=O) groups is 1. The number of amides is 1. The van der Waals surface area contributed by atoms with Gasteiger partial charge in [-0.05, 0) is 42.1 Å². The number of nitrogens with zero attached hydrogens (tertiary/aromatic N) is 2. The molecule has 1 heterocycles. The molecule has 6 nitrogen and oxygen atoms in total. The van der Waals surface area contributed by atoms with Crippen LogP contribution in [0.15, 0.2) is 58.4 Å². The number of carbonyl (C=O) groups excluding carboxylic acids is 1. The van der Waals surface area contributed by atoms with E-state index in [0.29, 0.717) is 34.7 Å². The Hall–Kier alpha value is -2.77. The van der Waals surface area contributed by atoms with Crippen molar-refractivity contribution in [2.24, 2.45) is 4.99 Å². The number of hydrogen-bond acceptors (Lipinski definition) is 6. The Bertz CT molecular complexity index is 897. The Labute approximate surface area is 168 Å². The van der Waals surface area contributed by atoms with Crippen LogP contribution in [0.2, 0.25) is 0 Å². The van der Waals surface area contributed by atoms with Crippen LogP contribution in [0.25, 0.3) is 6.08 Å². The van der Waals surface area contributed by atoms with E-state index in [4.69, 9.17) is 14.2 Å². The van der Waals surface area contributed by atoms with Crippen LogP contribution in [0.4, 0.5) is 5.69 Å². The van der Waals surface area contributed by atoms with E-state index in [1.807, 2.05) is 48.5 Å². The van der Waals surface area contributed by atoms with Crippen molar-refractivity contribution in [1.82, 2.24) is 4.90 Å². The molecule has 28 heavy (non-hydrogen) atoms. The molecule has 146 valence electrons. The zero-order chi connectivity index (χ0) is 19.9. The number of ether oxygens (including phenoxy) is 3. The standard InChI is InChI=1S/C21H22N2O4S/c1-25-12-11-23-20(24)19(28-21(23)22-16-7-5-4-6-8-16)13-15-9-10-17(26-2)14-18(15)27-3/h4-10,13-14H,11-12H2,1-3H3. The second-order valence-electron chi connectivity index (χ2n) is 5.90. The molecule has 0 atom stereocenters. The smallest absolute Gasteiger partial charge is 0.266 e. The summed E-state index contributed by atoms with van der Waals surface area (Å²) in [6.45, 7) is 0.865. The van der Waals surface area contributed by atoms with E-state index >= 15 is 0 Å². The molecule has 1 aliphatic rings. The fourth-order valence-electron chi connectivity index (χ4n) is 2.66. The number of aliphatic imine (C=N–C) groups is 1. The molecular weight excluding hydrogens is 376 g/mol. The molecule has 0 aromatic heterocycles. The summed E-state index contributed by atoms with van der Waals surface area (Å²) >= 11 is 1.34. The molecule has 7 heteroatoms. The average Bonchev–Trinajstić information content (AvgIpc) is 3.01. The molecule has 0 aliphatic carbocycles. The zero-order valence-corrected chi connectivity index (χ0v) is 16.9. The Morgan fingerprint density at radius 1 is 1.07 bits per heavy atom. The maximum atomic E-state index is 13.0. The van der Waals surface area contributed by atoms with Gasteiger partial charge in [0.15, 0.2) is 5.17 Å². The van der Waals surface area contributed by atoms with Crippen LogP contribution in [-0.2, 0) is 9.53 Å². The Morgan fingerprint density at radius 2 is 1.86 bits per heavy atom.